The van der Waals surface area contributed by atoms with Crippen LogP contribution in [0, 0.1) is 0 Å². The summed E-state index contributed by atoms with van der Waals surface area (Å²) in [6.07, 6.45) is 6.85. The van der Waals surface area contributed by atoms with Gasteiger partial charge in [0.25, 0.3) is 0 Å². The van der Waals surface area contributed by atoms with Gasteiger partial charge in [-0.3, -0.25) is 4.68 Å². The Hall–Kier alpha value is -1.73. The number of nitrogens with one attached hydrogen (secondary N) is 1. The van der Waals surface area contributed by atoms with E-state index >= 15 is 0 Å². The first-order valence-corrected chi connectivity index (χ1v) is 7.40. The highest BCUT2D eigenvalue weighted by molar-refractivity contribution is 5.85. The minimum absolute atomic E-state index is 0.301. The van der Waals surface area contributed by atoms with Gasteiger partial charge in [-0.15, -0.1) is 0 Å². The Balaban J connectivity index is 1.40. The number of ether oxygens (including phenoxy) is 2. The zero-order valence-corrected chi connectivity index (χ0v) is 12.3. The first kappa shape index (κ1) is 14.2. The normalized spacial score (nSPS) is 18.4. The Bertz CT molecular complexity index is 580. The van der Waals surface area contributed by atoms with Gasteiger partial charge in [-0.25, -0.2) is 9.97 Å². The SMILES string of the molecule is Cn1ncc2c(NCCCOC[C@@H]3CCCO3)ncnc21. The quantitative estimate of drug-likeness (QED) is 0.776. The van der Waals surface area contributed by atoms with Crippen molar-refractivity contribution in [3.8, 4) is 0 Å². The molecular formula is C14H21N5O2. The Morgan fingerprint density at radius 1 is 1.48 bits per heavy atom. The smallest absolute Gasteiger partial charge is 0.163 e. The van der Waals surface area contributed by atoms with Crippen LogP contribution in [0.3, 0.4) is 0 Å². The lowest BCUT2D eigenvalue weighted by Crippen LogP contribution is -2.15. The molecule has 21 heavy (non-hydrogen) atoms. The van der Waals surface area contributed by atoms with Crippen LogP contribution in [0.25, 0.3) is 11.0 Å². The molecule has 0 aromatic carbocycles. The topological polar surface area (TPSA) is 74.1 Å². The molecule has 7 heteroatoms. The summed E-state index contributed by atoms with van der Waals surface area (Å²) >= 11 is 0. The van der Waals surface area contributed by atoms with Crippen molar-refractivity contribution < 1.29 is 9.47 Å². The number of rotatable bonds is 7. The van der Waals surface area contributed by atoms with E-state index in [2.05, 4.69) is 20.4 Å². The van der Waals surface area contributed by atoms with Gasteiger partial charge in [-0.05, 0) is 19.3 Å². The van der Waals surface area contributed by atoms with Gasteiger partial charge >= 0.3 is 0 Å². The summed E-state index contributed by atoms with van der Waals surface area (Å²) in [7, 11) is 1.87. The van der Waals surface area contributed by atoms with E-state index in [1.807, 2.05) is 7.05 Å². The molecule has 0 radical (unpaired) electrons. The number of fused-ring (bicyclic) bond motifs is 1. The summed E-state index contributed by atoms with van der Waals surface area (Å²) in [4.78, 5) is 8.48. The van der Waals surface area contributed by atoms with Gasteiger partial charge < -0.3 is 14.8 Å². The van der Waals surface area contributed by atoms with Gasteiger partial charge in [0, 0.05) is 26.8 Å². The molecule has 0 aliphatic carbocycles. The molecule has 0 bridgehead atoms. The third-order valence-electron chi connectivity index (χ3n) is 3.62. The maximum atomic E-state index is 5.63. The lowest BCUT2D eigenvalue weighted by molar-refractivity contribution is 0.0172. The summed E-state index contributed by atoms with van der Waals surface area (Å²) in [5, 5.41) is 8.45. The predicted octanol–water partition coefficient (Wildman–Crippen LogP) is 1.36. The molecule has 0 amide bonds. The summed E-state index contributed by atoms with van der Waals surface area (Å²) in [6.45, 7) is 3.13. The summed E-state index contributed by atoms with van der Waals surface area (Å²) in [5.41, 5.74) is 0.835. The zero-order valence-electron chi connectivity index (χ0n) is 12.3. The van der Waals surface area contributed by atoms with Crippen LogP contribution in [0.15, 0.2) is 12.5 Å². The third-order valence-corrected chi connectivity index (χ3v) is 3.62. The van der Waals surface area contributed by atoms with Crippen LogP contribution in [0.5, 0.6) is 0 Å². The lowest BCUT2D eigenvalue weighted by atomic mass is 10.2. The number of hydrogen-bond donors (Lipinski definition) is 1. The van der Waals surface area contributed by atoms with E-state index in [9.17, 15) is 0 Å². The van der Waals surface area contributed by atoms with Crippen molar-refractivity contribution in [2.24, 2.45) is 7.05 Å². The maximum Gasteiger partial charge on any atom is 0.163 e. The van der Waals surface area contributed by atoms with Crippen LogP contribution >= 0.6 is 0 Å². The minimum atomic E-state index is 0.301. The van der Waals surface area contributed by atoms with E-state index in [4.69, 9.17) is 9.47 Å². The summed E-state index contributed by atoms with van der Waals surface area (Å²) in [5.74, 6) is 0.826. The second-order valence-corrected chi connectivity index (χ2v) is 5.22. The van der Waals surface area contributed by atoms with Crippen molar-refractivity contribution in [3.05, 3.63) is 12.5 Å². The fraction of sp³-hybridized carbons (Fsp3) is 0.643. The average Bonchev–Trinajstić information content (AvgIpc) is 3.14. The number of aryl methyl sites for hydroxylation is 1. The molecule has 1 aliphatic rings. The first-order valence-electron chi connectivity index (χ1n) is 7.40. The van der Waals surface area contributed by atoms with Crippen LogP contribution in [-0.2, 0) is 16.5 Å². The highest BCUT2D eigenvalue weighted by atomic mass is 16.5. The van der Waals surface area contributed by atoms with Crippen molar-refractivity contribution in [1.82, 2.24) is 19.7 Å². The second kappa shape index (κ2) is 6.82. The van der Waals surface area contributed by atoms with E-state index < -0.39 is 0 Å². The van der Waals surface area contributed by atoms with Gasteiger partial charge in [0.05, 0.1) is 24.3 Å². The van der Waals surface area contributed by atoms with Gasteiger partial charge in [-0.2, -0.15) is 5.10 Å². The molecule has 2 aromatic heterocycles. The Kier molecular flexibility index (Phi) is 4.62. The number of aromatic nitrogens is 4. The summed E-state index contributed by atoms with van der Waals surface area (Å²) < 4.78 is 12.9. The molecule has 0 spiro atoms. The van der Waals surface area contributed by atoms with Gasteiger partial charge in [0.15, 0.2) is 5.65 Å². The molecule has 0 saturated carbocycles. The number of anilines is 1. The molecule has 1 atom stereocenters. The molecular weight excluding hydrogens is 270 g/mol. The fourth-order valence-electron chi connectivity index (χ4n) is 2.47. The second-order valence-electron chi connectivity index (χ2n) is 5.22. The molecule has 2 aromatic rings. The monoisotopic (exact) mass is 291 g/mol. The average molecular weight is 291 g/mol. The van der Waals surface area contributed by atoms with Gasteiger partial charge in [0.1, 0.15) is 12.1 Å². The Morgan fingerprint density at radius 2 is 2.43 bits per heavy atom. The van der Waals surface area contributed by atoms with Crippen LogP contribution in [0.4, 0.5) is 5.82 Å². The highest BCUT2D eigenvalue weighted by Crippen LogP contribution is 2.17. The van der Waals surface area contributed by atoms with Crippen LogP contribution < -0.4 is 5.32 Å². The van der Waals surface area contributed by atoms with E-state index in [1.165, 1.54) is 0 Å². The molecule has 1 fully saturated rings. The van der Waals surface area contributed by atoms with E-state index in [1.54, 1.807) is 17.2 Å². The maximum absolute atomic E-state index is 5.63. The molecule has 3 heterocycles. The van der Waals surface area contributed by atoms with Crippen LogP contribution in [0.1, 0.15) is 19.3 Å². The van der Waals surface area contributed by atoms with Gasteiger partial charge in [-0.1, -0.05) is 0 Å². The molecule has 3 rings (SSSR count). The van der Waals surface area contributed by atoms with Crippen LogP contribution in [-0.4, -0.2) is 52.2 Å². The largest absolute Gasteiger partial charge is 0.379 e. The standard InChI is InChI=1S/C14H21N5O2/c1-19-14-12(8-18-19)13(16-10-17-14)15-5-3-6-20-9-11-4-2-7-21-11/h8,10-11H,2-7,9H2,1H3,(H,15,16,17)/t11-/m0/s1. The lowest BCUT2D eigenvalue weighted by Gasteiger charge is -2.10. The van der Waals surface area contributed by atoms with Gasteiger partial charge in [0.2, 0.25) is 0 Å². The minimum Gasteiger partial charge on any atom is -0.379 e. The third kappa shape index (κ3) is 3.48. The van der Waals surface area contributed by atoms with E-state index in [-0.39, 0.29) is 0 Å². The van der Waals surface area contributed by atoms with E-state index in [0.717, 1.165) is 55.9 Å². The molecule has 0 unspecified atom stereocenters. The number of nitrogens with zero attached hydrogens (tertiary/aromatic N) is 4. The zero-order chi connectivity index (χ0) is 14.5. The van der Waals surface area contributed by atoms with Crippen LogP contribution in [0.2, 0.25) is 0 Å². The van der Waals surface area contributed by atoms with Crippen molar-refractivity contribution >= 4 is 16.9 Å². The van der Waals surface area contributed by atoms with Crippen molar-refractivity contribution in [3.63, 3.8) is 0 Å². The molecule has 1 saturated heterocycles. The molecule has 1 aliphatic heterocycles. The predicted molar refractivity (Wildman–Crippen MR) is 79.2 cm³/mol. The molecule has 7 nitrogen and oxygen atoms in total. The Labute approximate surface area is 123 Å². The number of hydrogen-bond acceptors (Lipinski definition) is 6. The fourth-order valence-corrected chi connectivity index (χ4v) is 2.47. The van der Waals surface area contributed by atoms with Crippen molar-refractivity contribution in [1.29, 1.82) is 0 Å². The highest BCUT2D eigenvalue weighted by Gasteiger charge is 2.14. The first-order chi connectivity index (χ1) is 10.3. The molecule has 114 valence electrons. The Morgan fingerprint density at radius 3 is 3.29 bits per heavy atom. The van der Waals surface area contributed by atoms with Crippen molar-refractivity contribution in [2.45, 2.75) is 25.4 Å². The van der Waals surface area contributed by atoms with Crippen molar-refractivity contribution in [2.75, 3.05) is 31.7 Å². The summed E-state index contributed by atoms with van der Waals surface area (Å²) in [6, 6.07) is 0. The molecule has 1 N–H and O–H groups in total. The van der Waals surface area contributed by atoms with E-state index in [0.29, 0.717) is 12.7 Å².